The van der Waals surface area contributed by atoms with Crippen LogP contribution < -0.4 is 15.0 Å². The summed E-state index contributed by atoms with van der Waals surface area (Å²) in [7, 11) is 0. The van der Waals surface area contributed by atoms with E-state index in [0.29, 0.717) is 12.2 Å². The first-order chi connectivity index (χ1) is 18.1. The maximum absolute atomic E-state index is 13.4. The molecule has 1 saturated heterocycles. The first kappa shape index (κ1) is 27.0. The van der Waals surface area contributed by atoms with Gasteiger partial charge in [0, 0.05) is 43.8 Å². The van der Waals surface area contributed by atoms with Gasteiger partial charge in [-0.25, -0.2) is 9.38 Å². The Kier molecular flexibility index (Phi) is 9.87. The van der Waals surface area contributed by atoms with E-state index >= 15 is 0 Å². The van der Waals surface area contributed by atoms with Gasteiger partial charge in [0.1, 0.15) is 5.82 Å². The lowest BCUT2D eigenvalue weighted by molar-refractivity contribution is -0.129. The summed E-state index contributed by atoms with van der Waals surface area (Å²) in [6.45, 7) is 10.6. The van der Waals surface area contributed by atoms with E-state index in [0.717, 1.165) is 75.0 Å². The number of nitrogens with one attached hydrogen (secondary N) is 1. The Morgan fingerprint density at radius 2 is 1.78 bits per heavy atom. The molecular weight excluding hydrogens is 489 g/mol. The minimum atomic E-state index is -0.274. The molecule has 1 aliphatic rings. The molecule has 7 nitrogen and oxygen atoms in total. The zero-order chi connectivity index (χ0) is 26.0. The minimum absolute atomic E-state index is 0.126. The average molecular weight is 526 g/mol. The third kappa shape index (κ3) is 7.28. The van der Waals surface area contributed by atoms with Crippen molar-refractivity contribution in [1.29, 1.82) is 0 Å². The number of nitrogens with zero attached hydrogens (tertiary/aromatic N) is 4. The van der Waals surface area contributed by atoms with Gasteiger partial charge in [-0.15, -0.1) is 11.3 Å². The summed E-state index contributed by atoms with van der Waals surface area (Å²) in [6.07, 6.45) is 0.845. The molecule has 0 saturated carbocycles. The molecule has 2 aromatic carbocycles. The molecule has 3 aromatic rings. The van der Waals surface area contributed by atoms with Crippen molar-refractivity contribution in [3.8, 4) is 11.3 Å². The van der Waals surface area contributed by atoms with Crippen LogP contribution in [0.2, 0.25) is 0 Å². The highest BCUT2D eigenvalue weighted by atomic mass is 32.1. The Hall–Kier alpha value is -3.01. The quantitative estimate of drug-likeness (QED) is 0.380. The lowest BCUT2D eigenvalue weighted by atomic mass is 10.1. The molecule has 0 unspecified atom stereocenters. The number of aromatic nitrogens is 1. The molecule has 0 aliphatic carbocycles. The summed E-state index contributed by atoms with van der Waals surface area (Å²) in [5, 5.41) is 5.41. The number of ether oxygens (including phenoxy) is 1. The highest BCUT2D eigenvalue weighted by Gasteiger charge is 2.13. The van der Waals surface area contributed by atoms with Crippen molar-refractivity contribution >= 4 is 28.6 Å². The van der Waals surface area contributed by atoms with Gasteiger partial charge in [-0.05, 0) is 68.8 Å². The number of benzene rings is 2. The molecule has 0 bridgehead atoms. The van der Waals surface area contributed by atoms with Crippen LogP contribution in [0.1, 0.15) is 20.3 Å². The van der Waals surface area contributed by atoms with Crippen LogP contribution in [0.15, 0.2) is 58.9 Å². The number of hydrogen-bond donors (Lipinski definition) is 1. The molecule has 198 valence electrons. The largest absolute Gasteiger partial charge is 0.378 e. The molecule has 9 heteroatoms. The summed E-state index contributed by atoms with van der Waals surface area (Å²) in [5.74, 6) is -0.148. The number of carbonyl (C=O) groups excluding carboxylic acids is 1. The van der Waals surface area contributed by atoms with Crippen LogP contribution in [0.3, 0.4) is 0 Å². The fraction of sp³-hybridized carbons (Fsp3) is 0.429. The molecule has 4 rings (SSSR count). The molecule has 1 aromatic heterocycles. The molecule has 0 radical (unpaired) electrons. The third-order valence-electron chi connectivity index (χ3n) is 6.52. The first-order valence-electron chi connectivity index (χ1n) is 13.0. The number of thiazole rings is 1. The number of rotatable bonds is 11. The minimum Gasteiger partial charge on any atom is -0.378 e. The van der Waals surface area contributed by atoms with Crippen molar-refractivity contribution in [3.63, 3.8) is 0 Å². The van der Waals surface area contributed by atoms with E-state index in [2.05, 4.69) is 44.4 Å². The van der Waals surface area contributed by atoms with E-state index in [1.165, 1.54) is 17.8 Å². The molecular formula is C28H36FN5O2S. The van der Waals surface area contributed by atoms with Gasteiger partial charge in [-0.3, -0.25) is 4.79 Å². The molecule has 1 N–H and O–H groups in total. The molecule has 0 atom stereocenters. The van der Waals surface area contributed by atoms with Gasteiger partial charge < -0.3 is 24.4 Å². The van der Waals surface area contributed by atoms with Crippen LogP contribution in [0.25, 0.3) is 11.3 Å². The normalized spacial score (nSPS) is 14.2. The van der Waals surface area contributed by atoms with Crippen molar-refractivity contribution in [2.24, 2.45) is 4.99 Å². The molecule has 1 fully saturated rings. The van der Waals surface area contributed by atoms with Crippen LogP contribution in [-0.2, 0) is 16.1 Å². The average Bonchev–Trinajstić information content (AvgIpc) is 3.33. The lowest BCUT2D eigenvalue weighted by Crippen LogP contribution is -2.38. The standard InChI is InChI=1S/C28H36FN5O2S/c1-3-32(4-2)27(35)20-30-14-5-15-34-26(21-37-28(34)31-24-10-8-23(29)9-11-24)22-6-12-25(13-7-22)33-16-18-36-19-17-33/h6-13,21,30H,3-5,14-20H2,1-2H3/b31-28-. The number of amides is 1. The second-order valence-corrected chi connectivity index (χ2v) is 9.72. The number of anilines is 1. The summed E-state index contributed by atoms with van der Waals surface area (Å²) in [4.78, 5) is 22.1. The zero-order valence-corrected chi connectivity index (χ0v) is 22.5. The molecule has 2 heterocycles. The Morgan fingerprint density at radius 1 is 1.08 bits per heavy atom. The maximum Gasteiger partial charge on any atom is 0.236 e. The van der Waals surface area contributed by atoms with Crippen molar-refractivity contribution in [2.75, 3.05) is 57.4 Å². The van der Waals surface area contributed by atoms with Crippen LogP contribution in [0.5, 0.6) is 0 Å². The second kappa shape index (κ2) is 13.5. The Labute approximate surface area is 222 Å². The third-order valence-corrected chi connectivity index (χ3v) is 7.38. The second-order valence-electron chi connectivity index (χ2n) is 8.89. The van der Waals surface area contributed by atoms with Crippen molar-refractivity contribution in [3.05, 3.63) is 64.5 Å². The maximum atomic E-state index is 13.4. The summed E-state index contributed by atoms with van der Waals surface area (Å²) >= 11 is 1.58. The summed E-state index contributed by atoms with van der Waals surface area (Å²) in [5.41, 5.74) is 4.14. The Morgan fingerprint density at radius 3 is 2.46 bits per heavy atom. The van der Waals surface area contributed by atoms with Crippen molar-refractivity contribution in [2.45, 2.75) is 26.8 Å². The monoisotopic (exact) mass is 525 g/mol. The highest BCUT2D eigenvalue weighted by Crippen LogP contribution is 2.25. The number of carbonyl (C=O) groups is 1. The van der Waals surface area contributed by atoms with Gasteiger partial charge in [0.05, 0.1) is 31.1 Å². The van der Waals surface area contributed by atoms with Gasteiger partial charge in [-0.1, -0.05) is 12.1 Å². The van der Waals surface area contributed by atoms with E-state index < -0.39 is 0 Å². The van der Waals surface area contributed by atoms with E-state index in [4.69, 9.17) is 9.73 Å². The van der Waals surface area contributed by atoms with Gasteiger partial charge in [0.15, 0.2) is 4.80 Å². The summed E-state index contributed by atoms with van der Waals surface area (Å²) in [6, 6.07) is 14.9. The molecule has 1 aliphatic heterocycles. The van der Waals surface area contributed by atoms with Gasteiger partial charge in [0.2, 0.25) is 5.91 Å². The van der Waals surface area contributed by atoms with Gasteiger partial charge >= 0.3 is 0 Å². The SMILES string of the molecule is CCN(CC)C(=O)CNCCCn1c(-c2ccc(N3CCOCC3)cc2)cs/c1=N\c1ccc(F)cc1. The Balaban J connectivity index is 1.51. The van der Waals surface area contributed by atoms with Crippen molar-refractivity contribution in [1.82, 2.24) is 14.8 Å². The number of morpholine rings is 1. The number of halogens is 1. The smallest absolute Gasteiger partial charge is 0.236 e. The van der Waals surface area contributed by atoms with Crippen LogP contribution in [-0.4, -0.2) is 67.9 Å². The van der Waals surface area contributed by atoms with E-state index in [-0.39, 0.29) is 11.7 Å². The molecule has 37 heavy (non-hydrogen) atoms. The predicted molar refractivity (Wildman–Crippen MR) is 148 cm³/mol. The number of hydrogen-bond acceptors (Lipinski definition) is 6. The van der Waals surface area contributed by atoms with Crippen LogP contribution >= 0.6 is 11.3 Å². The van der Waals surface area contributed by atoms with Crippen LogP contribution in [0, 0.1) is 5.82 Å². The Bertz CT molecular complexity index is 1200. The van der Waals surface area contributed by atoms with E-state index in [9.17, 15) is 9.18 Å². The predicted octanol–water partition coefficient (Wildman–Crippen LogP) is 4.27. The van der Waals surface area contributed by atoms with Crippen molar-refractivity contribution < 1.29 is 13.9 Å². The summed E-state index contributed by atoms with van der Waals surface area (Å²) < 4.78 is 21.1. The molecule has 0 spiro atoms. The first-order valence-corrected chi connectivity index (χ1v) is 13.9. The lowest BCUT2D eigenvalue weighted by Gasteiger charge is -2.28. The van der Waals surface area contributed by atoms with Gasteiger partial charge in [-0.2, -0.15) is 0 Å². The zero-order valence-electron chi connectivity index (χ0n) is 21.7. The highest BCUT2D eigenvalue weighted by molar-refractivity contribution is 7.07. The van der Waals surface area contributed by atoms with Gasteiger partial charge in [0.25, 0.3) is 0 Å². The van der Waals surface area contributed by atoms with E-state index in [1.807, 2.05) is 18.7 Å². The van der Waals surface area contributed by atoms with E-state index in [1.54, 1.807) is 23.5 Å². The van der Waals surface area contributed by atoms with Crippen LogP contribution in [0.4, 0.5) is 15.8 Å². The fourth-order valence-corrected chi connectivity index (χ4v) is 5.36. The number of likely N-dealkylation sites (N-methyl/N-ethyl adjacent to an activating group) is 1. The topological polar surface area (TPSA) is 62.1 Å². The molecule has 1 amide bonds. The fourth-order valence-electron chi connectivity index (χ4n) is 4.40.